The summed E-state index contributed by atoms with van der Waals surface area (Å²) >= 11 is 0. The zero-order valence-corrected chi connectivity index (χ0v) is 18.5. The Labute approximate surface area is 174 Å². The fourth-order valence-electron chi connectivity index (χ4n) is 3.24. The van der Waals surface area contributed by atoms with E-state index in [-0.39, 0.29) is 6.04 Å². The van der Waals surface area contributed by atoms with E-state index in [0.717, 1.165) is 42.8 Å². The van der Waals surface area contributed by atoms with Gasteiger partial charge in [0.2, 0.25) is 0 Å². The second-order valence-corrected chi connectivity index (χ2v) is 7.19. The standard InChI is InChI=1S/C22H35N5O2/c1-7-27(8-2)21(17-10-9-11-18(12-17)28-6)15-25-22(23-5)24-14-19-13-20(16(3)4)26-29-19/h9-13,16,21H,7-8,14-15H2,1-6H3,(H2,23,24,25). The van der Waals surface area contributed by atoms with Gasteiger partial charge in [-0.1, -0.05) is 45.0 Å². The maximum atomic E-state index is 5.41. The van der Waals surface area contributed by atoms with Gasteiger partial charge in [-0.15, -0.1) is 0 Å². The highest BCUT2D eigenvalue weighted by molar-refractivity contribution is 5.79. The zero-order chi connectivity index (χ0) is 21.2. The molecule has 0 spiro atoms. The average molecular weight is 402 g/mol. The maximum Gasteiger partial charge on any atom is 0.191 e. The van der Waals surface area contributed by atoms with Crippen molar-refractivity contribution in [3.63, 3.8) is 0 Å². The number of methoxy groups -OCH3 is 1. The quantitative estimate of drug-likeness (QED) is 0.468. The molecule has 160 valence electrons. The molecule has 1 aromatic heterocycles. The summed E-state index contributed by atoms with van der Waals surface area (Å²) in [5, 5.41) is 10.9. The van der Waals surface area contributed by atoms with Crippen molar-refractivity contribution >= 4 is 5.96 Å². The molecular weight excluding hydrogens is 366 g/mol. The molecule has 0 bridgehead atoms. The molecule has 0 radical (unpaired) electrons. The summed E-state index contributed by atoms with van der Waals surface area (Å²) in [6.07, 6.45) is 0. The van der Waals surface area contributed by atoms with Crippen molar-refractivity contribution < 1.29 is 9.26 Å². The fraction of sp³-hybridized carbons (Fsp3) is 0.545. The molecule has 0 amide bonds. The average Bonchev–Trinajstić information content (AvgIpc) is 3.22. The van der Waals surface area contributed by atoms with Gasteiger partial charge in [0.05, 0.1) is 25.4 Å². The lowest BCUT2D eigenvalue weighted by atomic mass is 10.0. The first-order valence-electron chi connectivity index (χ1n) is 10.3. The summed E-state index contributed by atoms with van der Waals surface area (Å²) in [6, 6.07) is 10.4. The highest BCUT2D eigenvalue weighted by Gasteiger charge is 2.19. The van der Waals surface area contributed by atoms with Gasteiger partial charge in [0.15, 0.2) is 11.7 Å². The minimum absolute atomic E-state index is 0.205. The second-order valence-electron chi connectivity index (χ2n) is 7.19. The Balaban J connectivity index is 2.03. The van der Waals surface area contributed by atoms with Crippen LogP contribution in [0, 0.1) is 0 Å². The van der Waals surface area contributed by atoms with Gasteiger partial charge < -0.3 is 19.9 Å². The lowest BCUT2D eigenvalue weighted by molar-refractivity contribution is 0.218. The molecule has 2 aromatic rings. The Bertz CT molecular complexity index is 768. The van der Waals surface area contributed by atoms with Gasteiger partial charge >= 0.3 is 0 Å². The highest BCUT2D eigenvalue weighted by atomic mass is 16.5. The molecule has 1 heterocycles. The van der Waals surface area contributed by atoms with E-state index in [4.69, 9.17) is 9.26 Å². The highest BCUT2D eigenvalue weighted by Crippen LogP contribution is 2.23. The summed E-state index contributed by atoms with van der Waals surface area (Å²) in [4.78, 5) is 6.76. The molecule has 2 rings (SSSR count). The molecular formula is C22H35N5O2. The van der Waals surface area contributed by atoms with Gasteiger partial charge in [0.25, 0.3) is 0 Å². The van der Waals surface area contributed by atoms with Crippen LogP contribution < -0.4 is 15.4 Å². The molecule has 7 nitrogen and oxygen atoms in total. The van der Waals surface area contributed by atoms with E-state index in [1.165, 1.54) is 5.56 Å². The maximum absolute atomic E-state index is 5.41. The number of aromatic nitrogens is 1. The largest absolute Gasteiger partial charge is 0.497 e. The SMILES string of the molecule is CCN(CC)C(CNC(=NC)NCc1cc(C(C)C)no1)c1cccc(OC)c1. The van der Waals surface area contributed by atoms with Gasteiger partial charge in [-0.05, 0) is 36.7 Å². The molecule has 2 N–H and O–H groups in total. The summed E-state index contributed by atoms with van der Waals surface area (Å²) in [7, 11) is 3.47. The number of aliphatic imine (C=N–C) groups is 1. The number of nitrogens with zero attached hydrogens (tertiary/aromatic N) is 3. The van der Waals surface area contributed by atoms with Gasteiger partial charge in [-0.25, -0.2) is 0 Å². The van der Waals surface area contributed by atoms with Crippen molar-refractivity contribution in [2.45, 2.75) is 46.2 Å². The molecule has 0 saturated carbocycles. The molecule has 1 unspecified atom stereocenters. The van der Waals surface area contributed by atoms with Crippen molar-refractivity contribution in [3.05, 3.63) is 47.3 Å². The fourth-order valence-corrected chi connectivity index (χ4v) is 3.24. The number of guanidine groups is 1. The summed E-state index contributed by atoms with van der Waals surface area (Å²) in [5.41, 5.74) is 2.18. The summed E-state index contributed by atoms with van der Waals surface area (Å²) < 4.78 is 10.8. The first kappa shape index (κ1) is 22.7. The molecule has 29 heavy (non-hydrogen) atoms. The third-order valence-electron chi connectivity index (χ3n) is 5.02. The smallest absolute Gasteiger partial charge is 0.191 e. The van der Waals surface area contributed by atoms with Crippen LogP contribution >= 0.6 is 0 Å². The third kappa shape index (κ3) is 6.49. The third-order valence-corrected chi connectivity index (χ3v) is 5.02. The Morgan fingerprint density at radius 2 is 1.97 bits per heavy atom. The van der Waals surface area contributed by atoms with E-state index < -0.39 is 0 Å². The molecule has 7 heteroatoms. The Hall–Kier alpha value is -2.54. The number of rotatable bonds is 10. The van der Waals surface area contributed by atoms with E-state index in [9.17, 15) is 0 Å². The van der Waals surface area contributed by atoms with Crippen molar-refractivity contribution in [2.75, 3.05) is 33.8 Å². The van der Waals surface area contributed by atoms with Crippen LogP contribution in [0.25, 0.3) is 0 Å². The van der Waals surface area contributed by atoms with Crippen molar-refractivity contribution in [3.8, 4) is 5.75 Å². The Kier molecular flexibility index (Phi) is 8.99. The number of benzene rings is 1. The first-order chi connectivity index (χ1) is 14.0. The van der Waals surface area contributed by atoms with Crippen LogP contribution in [0.5, 0.6) is 5.75 Å². The first-order valence-corrected chi connectivity index (χ1v) is 10.3. The number of hydrogen-bond donors (Lipinski definition) is 2. The molecule has 1 aromatic carbocycles. The lowest BCUT2D eigenvalue weighted by Gasteiger charge is -2.31. The number of hydrogen-bond acceptors (Lipinski definition) is 5. The van der Waals surface area contributed by atoms with Gasteiger partial charge in [-0.2, -0.15) is 0 Å². The molecule has 0 fully saturated rings. The van der Waals surface area contributed by atoms with Crippen LogP contribution in [0.3, 0.4) is 0 Å². The topological polar surface area (TPSA) is 74.9 Å². The number of ether oxygens (including phenoxy) is 1. The van der Waals surface area contributed by atoms with E-state index in [0.29, 0.717) is 12.5 Å². The van der Waals surface area contributed by atoms with Gasteiger partial charge in [0.1, 0.15) is 5.75 Å². The van der Waals surface area contributed by atoms with Crippen molar-refractivity contribution in [2.24, 2.45) is 4.99 Å². The van der Waals surface area contributed by atoms with E-state index in [1.807, 2.05) is 18.2 Å². The summed E-state index contributed by atoms with van der Waals surface area (Å²) in [5.74, 6) is 2.74. The zero-order valence-electron chi connectivity index (χ0n) is 18.5. The van der Waals surface area contributed by atoms with Crippen LogP contribution in [-0.4, -0.2) is 49.8 Å². The van der Waals surface area contributed by atoms with E-state index >= 15 is 0 Å². The minimum Gasteiger partial charge on any atom is -0.497 e. The Morgan fingerprint density at radius 3 is 2.55 bits per heavy atom. The van der Waals surface area contributed by atoms with E-state index in [1.54, 1.807) is 14.2 Å². The molecule has 1 atom stereocenters. The lowest BCUT2D eigenvalue weighted by Crippen LogP contribution is -2.43. The van der Waals surface area contributed by atoms with Crippen LogP contribution in [0.1, 0.15) is 56.7 Å². The van der Waals surface area contributed by atoms with Crippen LogP contribution in [0.2, 0.25) is 0 Å². The van der Waals surface area contributed by atoms with E-state index in [2.05, 4.69) is 65.5 Å². The number of nitrogens with one attached hydrogen (secondary N) is 2. The minimum atomic E-state index is 0.205. The summed E-state index contributed by atoms with van der Waals surface area (Å²) in [6.45, 7) is 11.7. The van der Waals surface area contributed by atoms with Gasteiger partial charge in [-0.3, -0.25) is 9.89 Å². The van der Waals surface area contributed by atoms with Crippen LogP contribution in [0.4, 0.5) is 0 Å². The van der Waals surface area contributed by atoms with Crippen molar-refractivity contribution in [1.29, 1.82) is 0 Å². The number of likely N-dealkylation sites (N-methyl/N-ethyl adjacent to an activating group) is 1. The molecule has 0 aliphatic heterocycles. The van der Waals surface area contributed by atoms with Crippen LogP contribution in [-0.2, 0) is 6.54 Å². The monoisotopic (exact) mass is 401 g/mol. The Morgan fingerprint density at radius 1 is 1.21 bits per heavy atom. The molecule has 0 saturated heterocycles. The second kappa shape index (κ2) is 11.5. The predicted octanol–water partition coefficient (Wildman–Crippen LogP) is 3.55. The van der Waals surface area contributed by atoms with Gasteiger partial charge in [0, 0.05) is 19.7 Å². The van der Waals surface area contributed by atoms with Crippen LogP contribution in [0.15, 0.2) is 39.8 Å². The molecule has 0 aliphatic carbocycles. The predicted molar refractivity (Wildman–Crippen MR) is 117 cm³/mol. The van der Waals surface area contributed by atoms with Crippen molar-refractivity contribution in [1.82, 2.24) is 20.7 Å². The normalized spacial score (nSPS) is 13.0. The molecule has 0 aliphatic rings.